The lowest BCUT2D eigenvalue weighted by atomic mass is 10.1. The second-order valence-corrected chi connectivity index (χ2v) is 3.16. The summed E-state index contributed by atoms with van der Waals surface area (Å²) in [4.78, 5) is 11.1. The van der Waals surface area contributed by atoms with E-state index in [2.05, 4.69) is 27.9 Å². The number of amides is 1. The summed E-state index contributed by atoms with van der Waals surface area (Å²) in [5.74, 6) is 0.0793. The van der Waals surface area contributed by atoms with E-state index >= 15 is 0 Å². The Kier molecular flexibility index (Phi) is 4.07. The summed E-state index contributed by atoms with van der Waals surface area (Å²) in [7, 11) is 0. The van der Waals surface area contributed by atoms with Crippen LogP contribution in [0.15, 0.2) is 30.3 Å². The van der Waals surface area contributed by atoms with E-state index in [0.29, 0.717) is 11.0 Å². The third-order valence-corrected chi connectivity index (χ3v) is 1.85. The molecule has 1 aromatic carbocycles. The van der Waals surface area contributed by atoms with Crippen LogP contribution in [-0.2, 0) is 11.2 Å². The number of rotatable bonds is 3. The first-order valence-electron chi connectivity index (χ1n) is 3.69. The van der Waals surface area contributed by atoms with Gasteiger partial charge in [0.05, 0.1) is 11.0 Å². The van der Waals surface area contributed by atoms with Crippen molar-refractivity contribution in [1.82, 2.24) is 5.32 Å². The maximum atomic E-state index is 11.1. The van der Waals surface area contributed by atoms with Crippen LogP contribution in [0.25, 0.3) is 0 Å². The molecule has 0 saturated carbocycles. The van der Waals surface area contributed by atoms with Gasteiger partial charge in [0, 0.05) is 0 Å². The number of benzene rings is 1. The van der Waals surface area contributed by atoms with Gasteiger partial charge in [-0.2, -0.15) is 0 Å². The van der Waals surface area contributed by atoms with Gasteiger partial charge < -0.3 is 5.32 Å². The van der Waals surface area contributed by atoms with Crippen LogP contribution in [0.2, 0.25) is 0 Å². The number of hydrogen-bond donors (Lipinski definition) is 1. The molecule has 1 aromatic rings. The van der Waals surface area contributed by atoms with Crippen molar-refractivity contribution in [3.63, 3.8) is 0 Å². The van der Waals surface area contributed by atoms with Gasteiger partial charge in [0.2, 0.25) is 5.91 Å². The summed E-state index contributed by atoms with van der Waals surface area (Å²) >= 11 is 2.11. The van der Waals surface area contributed by atoms with E-state index in [1.165, 1.54) is 0 Å². The van der Waals surface area contributed by atoms with Gasteiger partial charge in [-0.05, 0) is 5.56 Å². The molecule has 0 bridgehead atoms. The van der Waals surface area contributed by atoms with Crippen LogP contribution in [-0.4, -0.2) is 10.5 Å². The zero-order chi connectivity index (χ0) is 8.81. The van der Waals surface area contributed by atoms with Gasteiger partial charge in [-0.15, -0.1) is 0 Å². The molecule has 0 fully saturated rings. The van der Waals surface area contributed by atoms with Crippen molar-refractivity contribution in [3.05, 3.63) is 35.9 Å². The second kappa shape index (κ2) is 5.13. The quantitative estimate of drug-likeness (QED) is 0.508. The summed E-state index contributed by atoms with van der Waals surface area (Å²) in [6, 6.07) is 9.72. The van der Waals surface area contributed by atoms with Crippen molar-refractivity contribution in [1.29, 1.82) is 0 Å². The second-order valence-electron chi connectivity index (χ2n) is 2.40. The molecule has 0 aliphatic rings. The molecular formula is C9H10INO. The topological polar surface area (TPSA) is 29.1 Å². The number of alkyl halides is 1. The smallest absolute Gasteiger partial charge is 0.225 e. The molecule has 3 heteroatoms. The predicted octanol–water partition coefficient (Wildman–Crippen LogP) is 1.74. The van der Waals surface area contributed by atoms with E-state index in [4.69, 9.17) is 0 Å². The summed E-state index contributed by atoms with van der Waals surface area (Å²) in [6.07, 6.45) is 0.476. The largest absolute Gasteiger partial charge is 0.347 e. The lowest BCUT2D eigenvalue weighted by molar-refractivity contribution is -0.120. The Morgan fingerprint density at radius 1 is 1.33 bits per heavy atom. The standard InChI is InChI=1S/C9H10INO/c10-7-11-9(12)6-8-4-2-1-3-5-8/h1-5H,6-7H2,(H,11,12). The van der Waals surface area contributed by atoms with Crippen molar-refractivity contribution < 1.29 is 4.79 Å². The lowest BCUT2D eigenvalue weighted by Gasteiger charge is -2.00. The van der Waals surface area contributed by atoms with Crippen molar-refractivity contribution in [2.75, 3.05) is 4.55 Å². The Hall–Kier alpha value is -0.580. The summed E-state index contributed by atoms with van der Waals surface area (Å²) in [5, 5.41) is 2.74. The van der Waals surface area contributed by atoms with Gasteiger partial charge in [-0.3, -0.25) is 4.79 Å². The predicted molar refractivity (Wildman–Crippen MR) is 57.2 cm³/mol. The van der Waals surface area contributed by atoms with E-state index < -0.39 is 0 Å². The first kappa shape index (κ1) is 9.51. The van der Waals surface area contributed by atoms with Gasteiger partial charge in [-0.1, -0.05) is 52.9 Å². The highest BCUT2D eigenvalue weighted by atomic mass is 127. The number of halogens is 1. The molecule has 0 aromatic heterocycles. The first-order valence-corrected chi connectivity index (χ1v) is 5.22. The van der Waals surface area contributed by atoms with Crippen molar-refractivity contribution in [3.8, 4) is 0 Å². The van der Waals surface area contributed by atoms with Crippen LogP contribution >= 0.6 is 22.6 Å². The molecule has 0 unspecified atom stereocenters. The minimum absolute atomic E-state index is 0.0793. The van der Waals surface area contributed by atoms with Gasteiger partial charge in [-0.25, -0.2) is 0 Å². The minimum atomic E-state index is 0.0793. The van der Waals surface area contributed by atoms with Gasteiger partial charge in [0.1, 0.15) is 0 Å². The first-order chi connectivity index (χ1) is 5.83. The Labute approximate surface area is 85.5 Å². The average molecular weight is 275 g/mol. The zero-order valence-electron chi connectivity index (χ0n) is 6.59. The fraction of sp³-hybridized carbons (Fsp3) is 0.222. The molecule has 0 radical (unpaired) electrons. The monoisotopic (exact) mass is 275 g/mol. The Morgan fingerprint density at radius 3 is 2.58 bits per heavy atom. The Bertz CT molecular complexity index is 248. The molecule has 0 atom stereocenters. The van der Waals surface area contributed by atoms with Crippen LogP contribution in [0.3, 0.4) is 0 Å². The minimum Gasteiger partial charge on any atom is -0.347 e. The highest BCUT2D eigenvalue weighted by molar-refractivity contribution is 14.1. The van der Waals surface area contributed by atoms with E-state index in [1.54, 1.807) is 0 Å². The third-order valence-electron chi connectivity index (χ3n) is 1.47. The van der Waals surface area contributed by atoms with Gasteiger partial charge in [0.15, 0.2) is 0 Å². The molecule has 1 rings (SSSR count). The molecule has 1 N–H and O–H groups in total. The fourth-order valence-corrected chi connectivity index (χ4v) is 1.34. The van der Waals surface area contributed by atoms with E-state index in [0.717, 1.165) is 5.56 Å². The SMILES string of the molecule is O=C(Cc1ccccc1)NCI. The van der Waals surface area contributed by atoms with Gasteiger partial charge >= 0.3 is 0 Å². The van der Waals surface area contributed by atoms with E-state index in [-0.39, 0.29) is 5.91 Å². The van der Waals surface area contributed by atoms with Gasteiger partial charge in [0.25, 0.3) is 0 Å². The number of hydrogen-bond acceptors (Lipinski definition) is 1. The lowest BCUT2D eigenvalue weighted by Crippen LogP contribution is -2.23. The molecule has 12 heavy (non-hydrogen) atoms. The van der Waals surface area contributed by atoms with Crippen LogP contribution in [0.5, 0.6) is 0 Å². The molecule has 0 aliphatic heterocycles. The molecular weight excluding hydrogens is 265 g/mol. The fourth-order valence-electron chi connectivity index (χ4n) is 0.918. The van der Waals surface area contributed by atoms with Crippen LogP contribution < -0.4 is 5.32 Å². The molecule has 2 nitrogen and oxygen atoms in total. The molecule has 0 aliphatic carbocycles. The summed E-state index contributed by atoms with van der Waals surface area (Å²) in [6.45, 7) is 0. The number of carbonyl (C=O) groups excluding carboxylic acids is 1. The normalized spacial score (nSPS) is 9.42. The zero-order valence-corrected chi connectivity index (χ0v) is 8.74. The number of carbonyl (C=O) groups is 1. The maximum Gasteiger partial charge on any atom is 0.225 e. The highest BCUT2D eigenvalue weighted by Gasteiger charge is 1.99. The van der Waals surface area contributed by atoms with Crippen LogP contribution in [0.4, 0.5) is 0 Å². The molecule has 0 spiro atoms. The Balaban J connectivity index is 2.47. The number of nitrogens with one attached hydrogen (secondary N) is 1. The molecule has 0 heterocycles. The highest BCUT2D eigenvalue weighted by Crippen LogP contribution is 1.98. The maximum absolute atomic E-state index is 11.1. The van der Waals surface area contributed by atoms with Crippen molar-refractivity contribution >= 4 is 28.5 Å². The van der Waals surface area contributed by atoms with E-state index in [9.17, 15) is 4.79 Å². The van der Waals surface area contributed by atoms with Crippen LogP contribution in [0.1, 0.15) is 5.56 Å². The summed E-state index contributed by atoms with van der Waals surface area (Å²) < 4.78 is 0.670. The molecule has 0 saturated heterocycles. The van der Waals surface area contributed by atoms with Crippen molar-refractivity contribution in [2.24, 2.45) is 0 Å². The molecule has 64 valence electrons. The molecule has 1 amide bonds. The van der Waals surface area contributed by atoms with Crippen molar-refractivity contribution in [2.45, 2.75) is 6.42 Å². The average Bonchev–Trinajstić information content (AvgIpc) is 2.06. The third kappa shape index (κ3) is 3.21. The van der Waals surface area contributed by atoms with E-state index in [1.807, 2.05) is 30.3 Å². The Morgan fingerprint density at radius 2 is 2.00 bits per heavy atom. The van der Waals surface area contributed by atoms with Crippen LogP contribution in [0, 0.1) is 0 Å². The summed E-state index contributed by atoms with van der Waals surface area (Å²) in [5.41, 5.74) is 1.06.